The predicted molar refractivity (Wildman–Crippen MR) is 86.5 cm³/mol. The Kier molecular flexibility index (Phi) is 5.23. The van der Waals surface area contributed by atoms with E-state index >= 15 is 0 Å². The molecule has 1 aromatic rings. The van der Waals surface area contributed by atoms with E-state index in [2.05, 4.69) is 44.3 Å². The monoisotopic (exact) mass is 289 g/mol. The van der Waals surface area contributed by atoms with Crippen molar-refractivity contribution in [3.63, 3.8) is 0 Å². The van der Waals surface area contributed by atoms with E-state index in [-0.39, 0.29) is 12.1 Å². The van der Waals surface area contributed by atoms with Gasteiger partial charge in [-0.05, 0) is 37.9 Å². The molecule has 1 atom stereocenters. The van der Waals surface area contributed by atoms with Gasteiger partial charge < -0.3 is 15.1 Å². The van der Waals surface area contributed by atoms with Gasteiger partial charge in [0, 0.05) is 26.7 Å². The Morgan fingerprint density at radius 3 is 2.67 bits per heavy atom. The fourth-order valence-electron chi connectivity index (χ4n) is 2.82. The summed E-state index contributed by atoms with van der Waals surface area (Å²) in [5.41, 5.74) is 3.86. The lowest BCUT2D eigenvalue weighted by molar-refractivity contribution is 0.194. The largest absolute Gasteiger partial charge is 0.326 e. The highest BCUT2D eigenvalue weighted by Crippen LogP contribution is 2.22. The van der Waals surface area contributed by atoms with Gasteiger partial charge in [0.15, 0.2) is 0 Å². The van der Waals surface area contributed by atoms with Crippen LogP contribution in [0.1, 0.15) is 36.1 Å². The SMILES string of the molecule is CCCNC(CN1CCN(C)C1=O)c1cc(C)ccc1C. The van der Waals surface area contributed by atoms with Gasteiger partial charge in [-0.1, -0.05) is 30.7 Å². The van der Waals surface area contributed by atoms with Crippen molar-refractivity contribution in [2.45, 2.75) is 33.2 Å². The van der Waals surface area contributed by atoms with Gasteiger partial charge in [0.1, 0.15) is 0 Å². The fourth-order valence-corrected chi connectivity index (χ4v) is 2.82. The molecule has 1 aliphatic rings. The van der Waals surface area contributed by atoms with Crippen molar-refractivity contribution in [1.82, 2.24) is 15.1 Å². The van der Waals surface area contributed by atoms with Gasteiger partial charge in [-0.2, -0.15) is 0 Å². The van der Waals surface area contributed by atoms with Gasteiger partial charge in [-0.3, -0.25) is 0 Å². The fraction of sp³-hybridized carbons (Fsp3) is 0.588. The van der Waals surface area contributed by atoms with Crippen LogP contribution in [0.3, 0.4) is 0 Å². The van der Waals surface area contributed by atoms with Gasteiger partial charge in [0.2, 0.25) is 0 Å². The molecule has 0 spiro atoms. The van der Waals surface area contributed by atoms with E-state index in [1.54, 1.807) is 4.90 Å². The summed E-state index contributed by atoms with van der Waals surface area (Å²) in [6, 6.07) is 6.91. The molecule has 0 aromatic heterocycles. The number of amides is 2. The number of hydrogen-bond acceptors (Lipinski definition) is 2. The van der Waals surface area contributed by atoms with Crippen LogP contribution in [0.25, 0.3) is 0 Å². The Labute approximate surface area is 128 Å². The van der Waals surface area contributed by atoms with Gasteiger partial charge in [0.25, 0.3) is 0 Å². The zero-order chi connectivity index (χ0) is 15.4. The third kappa shape index (κ3) is 3.76. The average Bonchev–Trinajstić information content (AvgIpc) is 2.78. The van der Waals surface area contributed by atoms with Crippen LogP contribution in [-0.2, 0) is 0 Å². The van der Waals surface area contributed by atoms with Crippen LogP contribution in [0, 0.1) is 13.8 Å². The predicted octanol–water partition coefficient (Wildman–Crippen LogP) is 2.71. The second kappa shape index (κ2) is 6.94. The lowest BCUT2D eigenvalue weighted by atomic mass is 9.98. The molecule has 1 N–H and O–H groups in total. The summed E-state index contributed by atoms with van der Waals surface area (Å²) in [4.78, 5) is 15.9. The lowest BCUT2D eigenvalue weighted by Gasteiger charge is -2.26. The number of carbonyl (C=O) groups is 1. The second-order valence-electron chi connectivity index (χ2n) is 6.02. The lowest BCUT2D eigenvalue weighted by Crippen LogP contribution is -2.38. The molecule has 2 rings (SSSR count). The Morgan fingerprint density at radius 1 is 1.29 bits per heavy atom. The molecular weight excluding hydrogens is 262 g/mol. The van der Waals surface area contributed by atoms with Crippen LogP contribution in [-0.4, -0.2) is 49.1 Å². The van der Waals surface area contributed by atoms with E-state index in [1.807, 2.05) is 11.9 Å². The minimum absolute atomic E-state index is 0.142. The van der Waals surface area contributed by atoms with E-state index in [9.17, 15) is 4.79 Å². The molecule has 0 saturated carbocycles. The summed E-state index contributed by atoms with van der Waals surface area (Å²) >= 11 is 0. The molecule has 0 aliphatic carbocycles. The van der Waals surface area contributed by atoms with Crippen molar-refractivity contribution in [2.75, 3.05) is 33.2 Å². The molecule has 0 bridgehead atoms. The highest BCUT2D eigenvalue weighted by molar-refractivity contribution is 5.76. The van der Waals surface area contributed by atoms with Crippen molar-refractivity contribution in [1.29, 1.82) is 0 Å². The minimum atomic E-state index is 0.142. The van der Waals surface area contributed by atoms with Crippen LogP contribution >= 0.6 is 0 Å². The normalized spacial score (nSPS) is 16.7. The standard InChI is InChI=1S/C17H27N3O/c1-5-8-18-16(12-20-10-9-19(4)17(20)21)15-11-13(2)6-7-14(15)3/h6-7,11,16,18H,5,8-10,12H2,1-4H3. The van der Waals surface area contributed by atoms with E-state index < -0.39 is 0 Å². The Bertz CT molecular complexity index is 501. The van der Waals surface area contributed by atoms with Crippen molar-refractivity contribution < 1.29 is 4.79 Å². The number of benzene rings is 1. The average molecular weight is 289 g/mol. The molecule has 1 heterocycles. The number of rotatable bonds is 6. The first-order valence-electron chi connectivity index (χ1n) is 7.83. The summed E-state index contributed by atoms with van der Waals surface area (Å²) in [7, 11) is 1.87. The van der Waals surface area contributed by atoms with Crippen molar-refractivity contribution in [2.24, 2.45) is 0 Å². The van der Waals surface area contributed by atoms with Gasteiger partial charge >= 0.3 is 6.03 Å². The Morgan fingerprint density at radius 2 is 2.05 bits per heavy atom. The van der Waals surface area contributed by atoms with Crippen LogP contribution in [0.4, 0.5) is 4.79 Å². The molecule has 1 aliphatic heterocycles. The number of hydrogen-bond donors (Lipinski definition) is 1. The van der Waals surface area contributed by atoms with E-state index in [0.717, 1.165) is 32.6 Å². The van der Waals surface area contributed by atoms with Crippen molar-refractivity contribution in [3.05, 3.63) is 34.9 Å². The first kappa shape index (κ1) is 15.8. The van der Waals surface area contributed by atoms with E-state index in [0.29, 0.717) is 0 Å². The van der Waals surface area contributed by atoms with Gasteiger partial charge in [-0.25, -0.2) is 4.79 Å². The minimum Gasteiger partial charge on any atom is -0.326 e. The van der Waals surface area contributed by atoms with Crippen LogP contribution in [0.15, 0.2) is 18.2 Å². The molecule has 1 fully saturated rings. The molecule has 21 heavy (non-hydrogen) atoms. The maximum atomic E-state index is 12.1. The number of likely N-dealkylation sites (N-methyl/N-ethyl adjacent to an activating group) is 1. The topological polar surface area (TPSA) is 35.6 Å². The maximum absolute atomic E-state index is 12.1. The Hall–Kier alpha value is -1.55. The van der Waals surface area contributed by atoms with E-state index in [1.165, 1.54) is 16.7 Å². The number of urea groups is 1. The quantitative estimate of drug-likeness (QED) is 0.874. The van der Waals surface area contributed by atoms with Crippen molar-refractivity contribution in [3.8, 4) is 0 Å². The third-order valence-electron chi connectivity index (χ3n) is 4.16. The maximum Gasteiger partial charge on any atom is 0.319 e. The Balaban J connectivity index is 2.18. The summed E-state index contributed by atoms with van der Waals surface area (Å²) in [6.07, 6.45) is 1.09. The molecule has 0 radical (unpaired) electrons. The molecule has 116 valence electrons. The molecule has 4 nitrogen and oxygen atoms in total. The molecule has 2 amide bonds. The number of carbonyl (C=O) groups excluding carboxylic acids is 1. The first-order valence-corrected chi connectivity index (χ1v) is 7.83. The van der Waals surface area contributed by atoms with Crippen LogP contribution in [0.2, 0.25) is 0 Å². The van der Waals surface area contributed by atoms with Crippen molar-refractivity contribution >= 4 is 6.03 Å². The molecule has 4 heteroatoms. The summed E-state index contributed by atoms with van der Waals surface area (Å²) in [5.74, 6) is 0. The number of nitrogens with one attached hydrogen (secondary N) is 1. The first-order chi connectivity index (χ1) is 10.0. The second-order valence-corrected chi connectivity index (χ2v) is 6.02. The third-order valence-corrected chi connectivity index (χ3v) is 4.16. The smallest absolute Gasteiger partial charge is 0.319 e. The zero-order valence-corrected chi connectivity index (χ0v) is 13.6. The zero-order valence-electron chi connectivity index (χ0n) is 13.6. The number of aryl methyl sites for hydroxylation is 2. The summed E-state index contributed by atoms with van der Waals surface area (Å²) in [6.45, 7) is 9.80. The van der Waals surface area contributed by atoms with Crippen LogP contribution < -0.4 is 5.32 Å². The summed E-state index contributed by atoms with van der Waals surface area (Å²) < 4.78 is 0. The molecule has 1 aromatic carbocycles. The highest BCUT2D eigenvalue weighted by Gasteiger charge is 2.28. The molecule has 1 unspecified atom stereocenters. The molecule has 1 saturated heterocycles. The summed E-state index contributed by atoms with van der Waals surface area (Å²) in [5, 5.41) is 3.60. The van der Waals surface area contributed by atoms with E-state index in [4.69, 9.17) is 0 Å². The van der Waals surface area contributed by atoms with Crippen LogP contribution in [0.5, 0.6) is 0 Å². The molecular formula is C17H27N3O. The highest BCUT2D eigenvalue weighted by atomic mass is 16.2. The van der Waals surface area contributed by atoms with Gasteiger partial charge in [0.05, 0.1) is 6.04 Å². The number of nitrogens with zero attached hydrogens (tertiary/aromatic N) is 2. The van der Waals surface area contributed by atoms with Gasteiger partial charge in [-0.15, -0.1) is 0 Å².